The fourth-order valence-corrected chi connectivity index (χ4v) is 1.60. The lowest BCUT2D eigenvalue weighted by molar-refractivity contribution is 0.763. The highest BCUT2D eigenvalue weighted by atomic mass is 35.5. The quantitative estimate of drug-likeness (QED) is 0.888. The third kappa shape index (κ3) is 2.35. The van der Waals surface area contributed by atoms with Gasteiger partial charge < -0.3 is 5.32 Å². The molecule has 0 aliphatic carbocycles. The van der Waals surface area contributed by atoms with Gasteiger partial charge in [0.1, 0.15) is 5.82 Å². The Hall–Kier alpha value is -1.10. The van der Waals surface area contributed by atoms with Crippen molar-refractivity contribution in [3.05, 3.63) is 34.1 Å². The van der Waals surface area contributed by atoms with Gasteiger partial charge in [-0.05, 0) is 25.2 Å². The first kappa shape index (κ1) is 11.4. The number of benzene rings is 1. The second kappa shape index (κ2) is 4.82. The monoisotopic (exact) mass is 256 g/mol. The Morgan fingerprint density at radius 2 is 2.12 bits per heavy atom. The highest BCUT2D eigenvalue weighted by Crippen LogP contribution is 2.26. The van der Waals surface area contributed by atoms with Gasteiger partial charge in [-0.2, -0.15) is 5.10 Å². The molecule has 0 atom stereocenters. The van der Waals surface area contributed by atoms with Crippen LogP contribution in [-0.2, 0) is 6.54 Å². The highest BCUT2D eigenvalue weighted by Gasteiger charge is 2.07. The number of hydrogen-bond acceptors (Lipinski definition) is 3. The number of H-pyrrole nitrogens is 1. The molecule has 0 saturated carbocycles. The maximum atomic E-state index is 5.92. The van der Waals surface area contributed by atoms with Gasteiger partial charge in [0, 0.05) is 5.56 Å². The van der Waals surface area contributed by atoms with E-state index in [4.69, 9.17) is 23.2 Å². The van der Waals surface area contributed by atoms with E-state index in [0.29, 0.717) is 22.4 Å². The van der Waals surface area contributed by atoms with Crippen LogP contribution in [0.2, 0.25) is 10.0 Å². The largest absolute Gasteiger partial charge is 0.313 e. The molecule has 1 heterocycles. The third-order valence-corrected chi connectivity index (χ3v) is 2.79. The molecule has 0 unspecified atom stereocenters. The Bertz CT molecular complexity index is 495. The molecule has 0 aliphatic heterocycles. The Labute approximate surface area is 103 Å². The minimum atomic E-state index is 0.499. The summed E-state index contributed by atoms with van der Waals surface area (Å²) in [5, 5.41) is 10.9. The van der Waals surface area contributed by atoms with E-state index < -0.39 is 0 Å². The lowest BCUT2D eigenvalue weighted by Gasteiger charge is -1.98. The van der Waals surface area contributed by atoms with Crippen molar-refractivity contribution < 1.29 is 0 Å². The van der Waals surface area contributed by atoms with Crippen LogP contribution in [0, 0.1) is 0 Å². The van der Waals surface area contributed by atoms with Crippen molar-refractivity contribution in [2.45, 2.75) is 6.54 Å². The maximum Gasteiger partial charge on any atom is 0.181 e. The normalized spacial score (nSPS) is 10.7. The zero-order valence-electron chi connectivity index (χ0n) is 8.59. The van der Waals surface area contributed by atoms with E-state index >= 15 is 0 Å². The minimum Gasteiger partial charge on any atom is -0.313 e. The first-order valence-corrected chi connectivity index (χ1v) is 5.47. The van der Waals surface area contributed by atoms with E-state index in [1.165, 1.54) is 0 Å². The smallest absolute Gasteiger partial charge is 0.181 e. The van der Waals surface area contributed by atoms with E-state index in [2.05, 4.69) is 20.5 Å². The second-order valence-corrected chi connectivity index (χ2v) is 4.08. The van der Waals surface area contributed by atoms with E-state index in [1.807, 2.05) is 13.1 Å². The van der Waals surface area contributed by atoms with Gasteiger partial charge in [-0.3, -0.25) is 5.10 Å². The SMILES string of the molecule is CNCc1nc(-c2ccc(Cl)c(Cl)c2)n[nH]1. The molecule has 1 aromatic carbocycles. The average Bonchev–Trinajstić information content (AvgIpc) is 2.71. The molecule has 2 rings (SSSR count). The van der Waals surface area contributed by atoms with Gasteiger partial charge in [-0.25, -0.2) is 4.98 Å². The van der Waals surface area contributed by atoms with Crippen molar-refractivity contribution in [2.24, 2.45) is 0 Å². The van der Waals surface area contributed by atoms with Gasteiger partial charge in [-0.15, -0.1) is 0 Å². The van der Waals surface area contributed by atoms with Crippen LogP contribution in [0.5, 0.6) is 0 Å². The van der Waals surface area contributed by atoms with Crippen molar-refractivity contribution >= 4 is 23.2 Å². The molecule has 0 bridgehead atoms. The summed E-state index contributed by atoms with van der Waals surface area (Å²) in [5.74, 6) is 1.40. The van der Waals surface area contributed by atoms with E-state index in [0.717, 1.165) is 11.4 Å². The molecular weight excluding hydrogens is 247 g/mol. The van der Waals surface area contributed by atoms with Crippen molar-refractivity contribution in [3.63, 3.8) is 0 Å². The Balaban J connectivity index is 2.31. The van der Waals surface area contributed by atoms with Gasteiger partial charge in [0.15, 0.2) is 5.82 Å². The maximum absolute atomic E-state index is 5.92. The molecule has 0 aliphatic rings. The molecule has 2 aromatic rings. The summed E-state index contributed by atoms with van der Waals surface area (Å²) in [7, 11) is 1.85. The van der Waals surface area contributed by atoms with Crippen molar-refractivity contribution in [1.82, 2.24) is 20.5 Å². The van der Waals surface area contributed by atoms with E-state index in [-0.39, 0.29) is 0 Å². The summed E-state index contributed by atoms with van der Waals surface area (Å²) in [6.45, 7) is 0.647. The number of rotatable bonds is 3. The van der Waals surface area contributed by atoms with Crippen LogP contribution in [-0.4, -0.2) is 22.2 Å². The predicted molar refractivity (Wildman–Crippen MR) is 64.6 cm³/mol. The summed E-state index contributed by atoms with van der Waals surface area (Å²) < 4.78 is 0. The zero-order valence-corrected chi connectivity index (χ0v) is 10.1. The molecular formula is C10H10Cl2N4. The first-order valence-electron chi connectivity index (χ1n) is 4.72. The van der Waals surface area contributed by atoms with Crippen molar-refractivity contribution in [2.75, 3.05) is 7.05 Å². The van der Waals surface area contributed by atoms with Crippen LogP contribution >= 0.6 is 23.2 Å². The van der Waals surface area contributed by atoms with Gasteiger partial charge in [0.2, 0.25) is 0 Å². The molecule has 4 nitrogen and oxygen atoms in total. The van der Waals surface area contributed by atoms with E-state index in [1.54, 1.807) is 12.1 Å². The molecule has 0 saturated heterocycles. The van der Waals surface area contributed by atoms with Crippen LogP contribution in [0.1, 0.15) is 5.82 Å². The number of aromatic amines is 1. The van der Waals surface area contributed by atoms with Gasteiger partial charge in [-0.1, -0.05) is 23.2 Å². The molecule has 16 heavy (non-hydrogen) atoms. The fraction of sp³-hybridized carbons (Fsp3) is 0.200. The summed E-state index contributed by atoms with van der Waals surface area (Å²) in [6, 6.07) is 5.31. The number of nitrogens with zero attached hydrogens (tertiary/aromatic N) is 2. The van der Waals surface area contributed by atoms with Crippen molar-refractivity contribution in [3.8, 4) is 11.4 Å². The fourth-order valence-electron chi connectivity index (χ4n) is 1.31. The van der Waals surface area contributed by atoms with Gasteiger partial charge in [0.25, 0.3) is 0 Å². The Kier molecular flexibility index (Phi) is 3.43. The molecule has 0 amide bonds. The standard InChI is InChI=1S/C10H10Cl2N4/c1-13-5-9-14-10(16-15-9)6-2-3-7(11)8(12)4-6/h2-4,13H,5H2,1H3,(H,14,15,16). The molecule has 1 aromatic heterocycles. The van der Waals surface area contributed by atoms with Gasteiger partial charge >= 0.3 is 0 Å². The lowest BCUT2D eigenvalue weighted by Crippen LogP contribution is -2.06. The number of nitrogens with one attached hydrogen (secondary N) is 2. The summed E-state index contributed by atoms with van der Waals surface area (Å²) in [6.07, 6.45) is 0. The second-order valence-electron chi connectivity index (χ2n) is 3.26. The van der Waals surface area contributed by atoms with Crippen LogP contribution in [0.15, 0.2) is 18.2 Å². The molecule has 0 spiro atoms. The summed E-state index contributed by atoms with van der Waals surface area (Å²) in [5.41, 5.74) is 0.841. The van der Waals surface area contributed by atoms with E-state index in [9.17, 15) is 0 Å². The third-order valence-electron chi connectivity index (χ3n) is 2.05. The predicted octanol–water partition coefficient (Wildman–Crippen LogP) is 2.50. The molecule has 6 heteroatoms. The van der Waals surface area contributed by atoms with Crippen molar-refractivity contribution in [1.29, 1.82) is 0 Å². The first-order chi connectivity index (χ1) is 7.70. The highest BCUT2D eigenvalue weighted by molar-refractivity contribution is 6.42. The minimum absolute atomic E-state index is 0.499. The number of hydrogen-bond donors (Lipinski definition) is 2. The van der Waals surface area contributed by atoms with Crippen LogP contribution < -0.4 is 5.32 Å². The average molecular weight is 257 g/mol. The molecule has 84 valence electrons. The topological polar surface area (TPSA) is 53.6 Å². The Morgan fingerprint density at radius 1 is 1.31 bits per heavy atom. The number of aromatic nitrogens is 3. The molecule has 0 fully saturated rings. The summed E-state index contributed by atoms with van der Waals surface area (Å²) >= 11 is 11.8. The molecule has 0 radical (unpaired) electrons. The number of halogens is 2. The lowest BCUT2D eigenvalue weighted by atomic mass is 10.2. The summed E-state index contributed by atoms with van der Waals surface area (Å²) in [4.78, 5) is 4.31. The van der Waals surface area contributed by atoms with Crippen LogP contribution in [0.25, 0.3) is 11.4 Å². The van der Waals surface area contributed by atoms with Crippen LogP contribution in [0.3, 0.4) is 0 Å². The van der Waals surface area contributed by atoms with Gasteiger partial charge in [0.05, 0.1) is 16.6 Å². The molecule has 2 N–H and O–H groups in total. The van der Waals surface area contributed by atoms with Crippen LogP contribution in [0.4, 0.5) is 0 Å². The zero-order chi connectivity index (χ0) is 11.5. The Morgan fingerprint density at radius 3 is 2.81 bits per heavy atom.